The molecule has 0 aliphatic heterocycles. The van der Waals surface area contributed by atoms with Gasteiger partial charge in [-0.05, 0) is 24.3 Å². The minimum atomic E-state index is -0.671. The lowest BCUT2D eigenvalue weighted by Crippen LogP contribution is -2.15. The van der Waals surface area contributed by atoms with Crippen LogP contribution >= 0.6 is 11.6 Å². The summed E-state index contributed by atoms with van der Waals surface area (Å²) in [6.07, 6.45) is 1.50. The van der Waals surface area contributed by atoms with Crippen LogP contribution in [0.2, 0.25) is 5.02 Å². The molecule has 0 bridgehead atoms. The summed E-state index contributed by atoms with van der Waals surface area (Å²) in [5.41, 5.74) is -0.169. The van der Waals surface area contributed by atoms with Gasteiger partial charge in [0, 0.05) is 17.3 Å². The third kappa shape index (κ3) is 3.26. The molecule has 0 saturated carbocycles. The van der Waals surface area contributed by atoms with E-state index in [0.717, 1.165) is 0 Å². The maximum absolute atomic E-state index is 12.2. The molecule has 0 fully saturated rings. The SMILES string of the molecule is COc1ncccc1NC(=O)c1cc(Cl)ccc1[N+](=O)[O-]. The van der Waals surface area contributed by atoms with E-state index in [0.29, 0.717) is 5.69 Å². The second-order valence-corrected chi connectivity index (χ2v) is 4.37. The monoisotopic (exact) mass is 307 g/mol. The quantitative estimate of drug-likeness (QED) is 0.692. The molecular weight excluding hydrogens is 298 g/mol. The van der Waals surface area contributed by atoms with Crippen molar-refractivity contribution in [3.8, 4) is 5.88 Å². The Morgan fingerprint density at radius 1 is 1.43 bits per heavy atom. The van der Waals surface area contributed by atoms with Gasteiger partial charge in [-0.15, -0.1) is 0 Å². The number of nitro benzene ring substituents is 1. The summed E-state index contributed by atoms with van der Waals surface area (Å²) >= 11 is 5.79. The molecule has 0 unspecified atom stereocenters. The van der Waals surface area contributed by atoms with Crippen LogP contribution in [0.5, 0.6) is 5.88 Å². The number of carbonyl (C=O) groups excluding carboxylic acids is 1. The maximum atomic E-state index is 12.2. The van der Waals surface area contributed by atoms with Crippen molar-refractivity contribution >= 4 is 28.9 Å². The van der Waals surface area contributed by atoms with Gasteiger partial charge in [0.1, 0.15) is 11.3 Å². The zero-order valence-electron chi connectivity index (χ0n) is 10.9. The highest BCUT2D eigenvalue weighted by Crippen LogP contribution is 2.26. The Morgan fingerprint density at radius 2 is 2.19 bits per heavy atom. The molecule has 2 aromatic rings. The van der Waals surface area contributed by atoms with E-state index in [9.17, 15) is 14.9 Å². The minimum Gasteiger partial charge on any atom is -0.480 e. The fraction of sp³-hybridized carbons (Fsp3) is 0.0769. The summed E-state index contributed by atoms with van der Waals surface area (Å²) in [6.45, 7) is 0. The molecular formula is C13H10ClN3O4. The number of benzene rings is 1. The van der Waals surface area contributed by atoms with Crippen LogP contribution in [0.1, 0.15) is 10.4 Å². The van der Waals surface area contributed by atoms with Gasteiger partial charge in [-0.25, -0.2) is 4.98 Å². The van der Waals surface area contributed by atoms with Gasteiger partial charge in [-0.2, -0.15) is 0 Å². The van der Waals surface area contributed by atoms with Crippen LogP contribution in [0.4, 0.5) is 11.4 Å². The number of aromatic nitrogens is 1. The number of anilines is 1. The van der Waals surface area contributed by atoms with Crippen molar-refractivity contribution in [2.45, 2.75) is 0 Å². The number of hydrogen-bond acceptors (Lipinski definition) is 5. The second-order valence-electron chi connectivity index (χ2n) is 3.93. The number of carbonyl (C=O) groups is 1. The van der Waals surface area contributed by atoms with Crippen molar-refractivity contribution in [1.29, 1.82) is 0 Å². The second kappa shape index (κ2) is 6.19. The van der Waals surface area contributed by atoms with Gasteiger partial charge in [0.2, 0.25) is 5.88 Å². The molecule has 0 saturated heterocycles. The van der Waals surface area contributed by atoms with E-state index in [1.807, 2.05) is 0 Å². The van der Waals surface area contributed by atoms with Crippen molar-refractivity contribution in [2.75, 3.05) is 12.4 Å². The molecule has 1 N–H and O–H groups in total. The molecule has 7 nitrogen and oxygen atoms in total. The molecule has 1 heterocycles. The van der Waals surface area contributed by atoms with E-state index in [4.69, 9.17) is 16.3 Å². The third-order valence-electron chi connectivity index (χ3n) is 2.61. The van der Waals surface area contributed by atoms with Crippen LogP contribution in [0.25, 0.3) is 0 Å². The molecule has 8 heteroatoms. The van der Waals surface area contributed by atoms with Gasteiger partial charge in [-0.3, -0.25) is 14.9 Å². The number of nitrogens with one attached hydrogen (secondary N) is 1. The highest BCUT2D eigenvalue weighted by Gasteiger charge is 2.21. The Balaban J connectivity index is 2.37. The average molecular weight is 308 g/mol. The van der Waals surface area contributed by atoms with Crippen molar-refractivity contribution in [3.05, 3.63) is 57.2 Å². The summed E-state index contributed by atoms with van der Waals surface area (Å²) in [7, 11) is 1.40. The standard InChI is InChI=1S/C13H10ClN3O4/c1-21-13-10(3-2-6-15-13)16-12(18)9-7-8(14)4-5-11(9)17(19)20/h2-7H,1H3,(H,16,18). The first-order valence-electron chi connectivity index (χ1n) is 5.77. The average Bonchev–Trinajstić information content (AvgIpc) is 2.47. The van der Waals surface area contributed by atoms with E-state index in [-0.39, 0.29) is 22.2 Å². The lowest BCUT2D eigenvalue weighted by Gasteiger charge is -2.09. The summed E-state index contributed by atoms with van der Waals surface area (Å²) in [4.78, 5) is 26.4. The van der Waals surface area contributed by atoms with Gasteiger partial charge in [0.15, 0.2) is 0 Å². The molecule has 0 aliphatic carbocycles. The van der Waals surface area contributed by atoms with Crippen LogP contribution in [-0.4, -0.2) is 22.9 Å². The highest BCUT2D eigenvalue weighted by atomic mass is 35.5. The Labute approximate surface area is 124 Å². The first kappa shape index (κ1) is 14.7. The fourth-order valence-electron chi connectivity index (χ4n) is 1.69. The van der Waals surface area contributed by atoms with Crippen LogP contribution in [0, 0.1) is 10.1 Å². The highest BCUT2D eigenvalue weighted by molar-refractivity contribution is 6.31. The van der Waals surface area contributed by atoms with Gasteiger partial charge >= 0.3 is 0 Å². The summed E-state index contributed by atoms with van der Waals surface area (Å²) in [5.74, 6) is -0.467. The summed E-state index contributed by atoms with van der Waals surface area (Å²) in [6, 6.07) is 6.93. The van der Waals surface area contributed by atoms with Gasteiger partial charge in [0.25, 0.3) is 11.6 Å². The summed E-state index contributed by atoms with van der Waals surface area (Å²) < 4.78 is 5.00. The third-order valence-corrected chi connectivity index (χ3v) is 2.85. The first-order valence-corrected chi connectivity index (χ1v) is 6.15. The smallest absolute Gasteiger partial charge is 0.282 e. The molecule has 1 aromatic heterocycles. The molecule has 0 atom stereocenters. The van der Waals surface area contributed by atoms with Gasteiger partial charge < -0.3 is 10.1 Å². The Hall–Kier alpha value is -2.67. The Bertz CT molecular complexity index is 706. The van der Waals surface area contributed by atoms with Crippen LogP contribution in [0.3, 0.4) is 0 Å². The molecule has 108 valence electrons. The van der Waals surface area contributed by atoms with E-state index in [1.165, 1.54) is 31.5 Å². The van der Waals surface area contributed by atoms with E-state index in [2.05, 4.69) is 10.3 Å². The number of nitrogens with zero attached hydrogens (tertiary/aromatic N) is 2. The molecule has 0 aliphatic rings. The van der Waals surface area contributed by atoms with Crippen LogP contribution in [0.15, 0.2) is 36.5 Å². The Kier molecular flexibility index (Phi) is 4.34. The lowest BCUT2D eigenvalue weighted by molar-refractivity contribution is -0.385. The normalized spacial score (nSPS) is 10.0. The van der Waals surface area contributed by atoms with E-state index in [1.54, 1.807) is 12.1 Å². The predicted molar refractivity (Wildman–Crippen MR) is 76.8 cm³/mol. The van der Waals surface area contributed by atoms with Gasteiger partial charge in [0.05, 0.1) is 12.0 Å². The number of methoxy groups -OCH3 is 1. The largest absolute Gasteiger partial charge is 0.480 e. The lowest BCUT2D eigenvalue weighted by atomic mass is 10.1. The zero-order chi connectivity index (χ0) is 15.4. The number of halogens is 1. The van der Waals surface area contributed by atoms with Gasteiger partial charge in [-0.1, -0.05) is 11.6 Å². The zero-order valence-corrected chi connectivity index (χ0v) is 11.6. The molecule has 1 amide bonds. The topological polar surface area (TPSA) is 94.4 Å². The van der Waals surface area contributed by atoms with Crippen LogP contribution < -0.4 is 10.1 Å². The fourth-order valence-corrected chi connectivity index (χ4v) is 1.86. The number of nitro groups is 1. The molecule has 0 radical (unpaired) electrons. The molecule has 0 spiro atoms. The number of ether oxygens (including phenoxy) is 1. The molecule has 2 rings (SSSR count). The Morgan fingerprint density at radius 3 is 2.86 bits per heavy atom. The van der Waals surface area contributed by atoms with Crippen molar-refractivity contribution < 1.29 is 14.5 Å². The number of pyridine rings is 1. The van der Waals surface area contributed by atoms with Crippen molar-refractivity contribution in [1.82, 2.24) is 4.98 Å². The van der Waals surface area contributed by atoms with Crippen molar-refractivity contribution in [3.63, 3.8) is 0 Å². The van der Waals surface area contributed by atoms with Crippen molar-refractivity contribution in [2.24, 2.45) is 0 Å². The number of amides is 1. The maximum Gasteiger partial charge on any atom is 0.282 e. The number of rotatable bonds is 4. The van der Waals surface area contributed by atoms with Crippen LogP contribution in [-0.2, 0) is 0 Å². The summed E-state index contributed by atoms with van der Waals surface area (Å²) in [5, 5.41) is 13.7. The minimum absolute atomic E-state index is 0.140. The van der Waals surface area contributed by atoms with E-state index >= 15 is 0 Å². The number of hydrogen-bond donors (Lipinski definition) is 1. The molecule has 21 heavy (non-hydrogen) atoms. The first-order chi connectivity index (χ1) is 10.0. The predicted octanol–water partition coefficient (Wildman–Crippen LogP) is 2.90. The van der Waals surface area contributed by atoms with E-state index < -0.39 is 10.8 Å². The molecule has 1 aromatic carbocycles.